The van der Waals surface area contributed by atoms with Gasteiger partial charge in [0.1, 0.15) is 5.82 Å². The first-order valence-electron chi connectivity index (χ1n) is 10.7. The van der Waals surface area contributed by atoms with Crippen molar-refractivity contribution in [3.05, 3.63) is 89.2 Å². The zero-order chi connectivity index (χ0) is 23.5. The summed E-state index contributed by atoms with van der Waals surface area (Å²) in [5, 5.41) is 5.53. The van der Waals surface area contributed by atoms with E-state index >= 15 is 0 Å². The highest BCUT2D eigenvalue weighted by molar-refractivity contribution is 6.05. The Morgan fingerprint density at radius 2 is 1.64 bits per heavy atom. The molecular weight excluding hydrogens is 421 g/mol. The lowest BCUT2D eigenvalue weighted by molar-refractivity contribution is -0.122. The zero-order valence-electron chi connectivity index (χ0n) is 18.4. The van der Waals surface area contributed by atoms with Crippen LogP contribution in [0.1, 0.15) is 27.9 Å². The fourth-order valence-electron chi connectivity index (χ4n) is 3.84. The van der Waals surface area contributed by atoms with Gasteiger partial charge in [0.25, 0.3) is 5.91 Å². The van der Waals surface area contributed by atoms with E-state index in [9.17, 15) is 18.8 Å². The van der Waals surface area contributed by atoms with Gasteiger partial charge >= 0.3 is 0 Å². The van der Waals surface area contributed by atoms with Crippen molar-refractivity contribution in [2.24, 2.45) is 5.92 Å². The molecule has 3 aromatic rings. The van der Waals surface area contributed by atoms with Gasteiger partial charge in [0, 0.05) is 35.6 Å². The topological polar surface area (TPSA) is 78.5 Å². The highest BCUT2D eigenvalue weighted by atomic mass is 19.1. The number of rotatable bonds is 5. The highest BCUT2D eigenvalue weighted by Crippen LogP contribution is 2.29. The van der Waals surface area contributed by atoms with Crippen LogP contribution in [0.3, 0.4) is 0 Å². The highest BCUT2D eigenvalue weighted by Gasteiger charge is 2.35. The summed E-state index contributed by atoms with van der Waals surface area (Å²) in [6, 6.07) is 18.0. The van der Waals surface area contributed by atoms with E-state index in [1.807, 2.05) is 32.0 Å². The van der Waals surface area contributed by atoms with Crippen LogP contribution in [0.4, 0.5) is 21.5 Å². The third-order valence-electron chi connectivity index (χ3n) is 5.65. The summed E-state index contributed by atoms with van der Waals surface area (Å²) in [6.07, 6.45) is 0.154. The summed E-state index contributed by atoms with van der Waals surface area (Å²) in [5.41, 5.74) is 4.17. The molecule has 1 aliphatic rings. The third kappa shape index (κ3) is 5.09. The van der Waals surface area contributed by atoms with Gasteiger partial charge in [0.15, 0.2) is 0 Å². The summed E-state index contributed by atoms with van der Waals surface area (Å²) in [4.78, 5) is 39.3. The number of anilines is 3. The molecule has 0 saturated carbocycles. The number of carbonyl (C=O) groups excluding carboxylic acids is 3. The van der Waals surface area contributed by atoms with E-state index in [2.05, 4.69) is 10.6 Å². The Kier molecular flexibility index (Phi) is 6.22. The summed E-state index contributed by atoms with van der Waals surface area (Å²) in [7, 11) is 0. The van der Waals surface area contributed by atoms with Gasteiger partial charge < -0.3 is 15.5 Å². The van der Waals surface area contributed by atoms with Crippen molar-refractivity contribution in [3.8, 4) is 0 Å². The fourth-order valence-corrected chi connectivity index (χ4v) is 3.84. The van der Waals surface area contributed by atoms with Crippen LogP contribution in [0.15, 0.2) is 66.7 Å². The second kappa shape index (κ2) is 9.24. The molecule has 0 spiro atoms. The number of amides is 3. The summed E-state index contributed by atoms with van der Waals surface area (Å²) < 4.78 is 13.3. The molecule has 1 atom stereocenters. The Balaban J connectivity index is 1.37. The zero-order valence-corrected chi connectivity index (χ0v) is 18.4. The van der Waals surface area contributed by atoms with Gasteiger partial charge in [-0.1, -0.05) is 18.2 Å². The van der Waals surface area contributed by atoms with E-state index in [0.29, 0.717) is 17.9 Å². The van der Waals surface area contributed by atoms with Crippen molar-refractivity contribution in [1.82, 2.24) is 0 Å². The molecule has 1 saturated heterocycles. The first kappa shape index (κ1) is 22.2. The van der Waals surface area contributed by atoms with Crippen molar-refractivity contribution < 1.29 is 18.8 Å². The lowest BCUT2D eigenvalue weighted by Gasteiger charge is -2.19. The van der Waals surface area contributed by atoms with E-state index in [-0.39, 0.29) is 23.8 Å². The van der Waals surface area contributed by atoms with E-state index in [1.54, 1.807) is 29.2 Å². The molecule has 1 unspecified atom stereocenters. The largest absolute Gasteiger partial charge is 0.326 e. The van der Waals surface area contributed by atoms with E-state index < -0.39 is 17.6 Å². The molecule has 3 aromatic carbocycles. The molecule has 168 valence electrons. The molecule has 0 aromatic heterocycles. The predicted molar refractivity (Wildman–Crippen MR) is 126 cm³/mol. The smallest absolute Gasteiger partial charge is 0.255 e. The maximum atomic E-state index is 13.3. The van der Waals surface area contributed by atoms with E-state index in [0.717, 1.165) is 22.9 Å². The quantitative estimate of drug-likeness (QED) is 0.598. The van der Waals surface area contributed by atoms with Crippen LogP contribution in [0.25, 0.3) is 0 Å². The number of aryl methyl sites for hydroxylation is 2. The molecule has 0 bridgehead atoms. The van der Waals surface area contributed by atoms with Crippen LogP contribution in [0, 0.1) is 25.6 Å². The first-order chi connectivity index (χ1) is 15.8. The second-order valence-electron chi connectivity index (χ2n) is 8.23. The van der Waals surface area contributed by atoms with Crippen molar-refractivity contribution in [2.75, 3.05) is 22.1 Å². The number of halogens is 1. The summed E-state index contributed by atoms with van der Waals surface area (Å²) in [5.74, 6) is -1.67. The van der Waals surface area contributed by atoms with Crippen LogP contribution in [-0.4, -0.2) is 24.3 Å². The Morgan fingerprint density at radius 3 is 2.33 bits per heavy atom. The maximum absolute atomic E-state index is 13.3. The number of hydrogen-bond donors (Lipinski definition) is 2. The molecule has 2 N–H and O–H groups in total. The molecule has 0 aliphatic carbocycles. The average Bonchev–Trinajstić information content (AvgIpc) is 3.18. The Labute approximate surface area is 191 Å². The minimum Gasteiger partial charge on any atom is -0.326 e. The maximum Gasteiger partial charge on any atom is 0.255 e. The van der Waals surface area contributed by atoms with Gasteiger partial charge in [0.2, 0.25) is 11.8 Å². The SMILES string of the molecule is Cc1ccc(C)c(N2CC(C(=O)Nc3ccc(NC(=O)c4cccc(F)c4)cc3)CC2=O)c1. The molecule has 3 amide bonds. The van der Waals surface area contributed by atoms with Gasteiger partial charge in [-0.25, -0.2) is 4.39 Å². The monoisotopic (exact) mass is 445 g/mol. The normalized spacial score (nSPS) is 15.4. The van der Waals surface area contributed by atoms with Gasteiger partial charge in [-0.15, -0.1) is 0 Å². The van der Waals surface area contributed by atoms with Crippen molar-refractivity contribution in [3.63, 3.8) is 0 Å². The minimum atomic E-state index is -0.484. The van der Waals surface area contributed by atoms with Crippen LogP contribution in [0.2, 0.25) is 0 Å². The molecule has 4 rings (SSSR count). The molecular formula is C26H24FN3O3. The van der Waals surface area contributed by atoms with Crippen molar-refractivity contribution >= 4 is 34.8 Å². The van der Waals surface area contributed by atoms with E-state index in [1.165, 1.54) is 18.2 Å². The standard InChI is InChI=1S/C26H24FN3O3/c1-16-6-7-17(2)23(12-16)30-15-19(14-24(30)31)26(33)29-22-10-8-21(9-11-22)28-25(32)18-4-3-5-20(27)13-18/h3-13,19H,14-15H2,1-2H3,(H,28,32)(H,29,33). The number of carbonyl (C=O) groups is 3. The van der Waals surface area contributed by atoms with E-state index in [4.69, 9.17) is 0 Å². The minimum absolute atomic E-state index is 0.0701. The first-order valence-corrected chi connectivity index (χ1v) is 10.7. The van der Waals surface area contributed by atoms with Gasteiger partial charge in [0.05, 0.1) is 5.92 Å². The third-order valence-corrected chi connectivity index (χ3v) is 5.65. The number of nitrogens with one attached hydrogen (secondary N) is 2. The van der Waals surface area contributed by atoms with Crippen LogP contribution in [-0.2, 0) is 9.59 Å². The second-order valence-corrected chi connectivity index (χ2v) is 8.23. The van der Waals surface area contributed by atoms with Gasteiger partial charge in [-0.05, 0) is 73.5 Å². The summed E-state index contributed by atoms with van der Waals surface area (Å²) in [6.45, 7) is 4.25. The molecule has 6 nitrogen and oxygen atoms in total. The molecule has 0 radical (unpaired) electrons. The van der Waals surface area contributed by atoms with Crippen molar-refractivity contribution in [1.29, 1.82) is 0 Å². The average molecular weight is 445 g/mol. The molecule has 33 heavy (non-hydrogen) atoms. The lowest BCUT2D eigenvalue weighted by Crippen LogP contribution is -2.28. The number of hydrogen-bond acceptors (Lipinski definition) is 3. The Bertz CT molecular complexity index is 1220. The molecule has 1 aliphatic heterocycles. The number of benzene rings is 3. The molecule has 1 fully saturated rings. The van der Waals surface area contributed by atoms with Crippen LogP contribution in [0.5, 0.6) is 0 Å². The van der Waals surface area contributed by atoms with Crippen LogP contribution >= 0.6 is 0 Å². The summed E-state index contributed by atoms with van der Waals surface area (Å²) >= 11 is 0. The fraction of sp³-hybridized carbons (Fsp3) is 0.192. The van der Waals surface area contributed by atoms with Crippen LogP contribution < -0.4 is 15.5 Å². The van der Waals surface area contributed by atoms with Gasteiger partial charge in [-0.3, -0.25) is 14.4 Å². The van der Waals surface area contributed by atoms with Crippen molar-refractivity contribution in [2.45, 2.75) is 20.3 Å². The molecule has 7 heteroatoms. The molecule has 1 heterocycles. The number of nitrogens with zero attached hydrogens (tertiary/aromatic N) is 1. The lowest BCUT2D eigenvalue weighted by atomic mass is 10.1. The Hall–Kier alpha value is -4.00. The van der Waals surface area contributed by atoms with Gasteiger partial charge in [-0.2, -0.15) is 0 Å². The Morgan fingerprint density at radius 1 is 0.939 bits per heavy atom. The predicted octanol–water partition coefficient (Wildman–Crippen LogP) is 4.69.